The molecule has 1 fully saturated rings. The Morgan fingerprint density at radius 1 is 1.18 bits per heavy atom. The molecule has 1 aliphatic carbocycles. The number of nitrogens with zero attached hydrogens (tertiary/aromatic N) is 2. The van der Waals surface area contributed by atoms with Crippen LogP contribution < -0.4 is 15.6 Å². The van der Waals surface area contributed by atoms with Gasteiger partial charge in [-0.25, -0.2) is 13.6 Å². The van der Waals surface area contributed by atoms with Gasteiger partial charge in [-0.05, 0) is 30.1 Å². The van der Waals surface area contributed by atoms with Gasteiger partial charge in [0.1, 0.15) is 17.1 Å². The Bertz CT molecular complexity index is 1090. The molecule has 2 aliphatic heterocycles. The van der Waals surface area contributed by atoms with E-state index in [2.05, 4.69) is 5.32 Å². The van der Waals surface area contributed by atoms with Gasteiger partial charge in [0.15, 0.2) is 5.82 Å². The van der Waals surface area contributed by atoms with Crippen LogP contribution in [0.2, 0.25) is 0 Å². The van der Waals surface area contributed by atoms with Crippen LogP contribution in [0.5, 0.6) is 0 Å². The normalized spacial score (nSPS) is 18.6. The summed E-state index contributed by atoms with van der Waals surface area (Å²) in [6, 6.07) is 0.924. The quantitative estimate of drug-likeness (QED) is 0.698. The molecule has 1 saturated carbocycles. The Labute approximate surface area is 169 Å². The van der Waals surface area contributed by atoms with Gasteiger partial charge in [-0.3, -0.25) is 4.79 Å². The number of hydrogen-bond donors (Lipinski definition) is 2. The van der Waals surface area contributed by atoms with E-state index in [4.69, 9.17) is 0 Å². The maximum Gasteiger partial charge on any atom is 0.341 e. The molecule has 2 N–H and O–H groups in total. The predicted octanol–water partition coefficient (Wildman–Crippen LogP) is 2.61. The van der Waals surface area contributed by atoms with Gasteiger partial charge in [0.25, 0.3) is 0 Å². The maximum atomic E-state index is 15.5. The van der Waals surface area contributed by atoms with E-state index in [-0.39, 0.29) is 39.6 Å². The maximum absolute atomic E-state index is 15.5. The van der Waals surface area contributed by atoms with Gasteiger partial charge in [-0.2, -0.15) is 0 Å². The molecule has 1 aromatic heterocycles. The molecule has 148 valence electrons. The van der Waals surface area contributed by atoms with Crippen molar-refractivity contribution in [1.29, 1.82) is 0 Å². The average molecular weight is 454 g/mol. The molecule has 5 rings (SSSR count). The van der Waals surface area contributed by atoms with E-state index in [9.17, 15) is 19.1 Å². The van der Waals surface area contributed by atoms with Gasteiger partial charge in [-0.1, -0.05) is 0 Å². The number of fused-ring (bicyclic) bond motifs is 1. The highest BCUT2D eigenvalue weighted by molar-refractivity contribution is 8.93. The zero-order valence-corrected chi connectivity index (χ0v) is 16.5. The van der Waals surface area contributed by atoms with Crippen molar-refractivity contribution in [1.82, 2.24) is 9.88 Å². The van der Waals surface area contributed by atoms with E-state index < -0.39 is 28.6 Å². The predicted molar refractivity (Wildman–Crippen MR) is 106 cm³/mol. The summed E-state index contributed by atoms with van der Waals surface area (Å²) in [6.07, 6.45) is 2.74. The smallest absolute Gasteiger partial charge is 0.341 e. The number of anilines is 1. The number of aromatic nitrogens is 1. The third kappa shape index (κ3) is 2.76. The van der Waals surface area contributed by atoms with Gasteiger partial charge < -0.3 is 19.9 Å². The van der Waals surface area contributed by atoms with E-state index in [0.29, 0.717) is 13.1 Å². The Morgan fingerprint density at radius 3 is 2.39 bits per heavy atom. The number of rotatable bonds is 3. The summed E-state index contributed by atoms with van der Waals surface area (Å²) in [4.78, 5) is 25.6. The molecule has 0 amide bonds. The van der Waals surface area contributed by atoms with Crippen LogP contribution in [0.4, 0.5) is 14.5 Å². The van der Waals surface area contributed by atoms with Crippen molar-refractivity contribution in [3.05, 3.63) is 50.8 Å². The minimum atomic E-state index is -1.39. The fraction of sp³-hybridized carbons (Fsp3) is 0.368. The van der Waals surface area contributed by atoms with E-state index in [1.165, 1.54) is 10.8 Å². The van der Waals surface area contributed by atoms with Gasteiger partial charge in [-0.15, -0.1) is 17.0 Å². The first kappa shape index (κ1) is 19.1. The van der Waals surface area contributed by atoms with Crippen LogP contribution in [0.25, 0.3) is 10.9 Å². The molecule has 0 atom stereocenters. The molecule has 3 heterocycles. The van der Waals surface area contributed by atoms with Gasteiger partial charge >= 0.3 is 5.97 Å². The summed E-state index contributed by atoms with van der Waals surface area (Å²) >= 11 is 0. The zero-order valence-electron chi connectivity index (χ0n) is 14.8. The first-order chi connectivity index (χ1) is 13.0. The second-order valence-electron chi connectivity index (χ2n) is 7.40. The Balaban J connectivity index is 0.00000192. The summed E-state index contributed by atoms with van der Waals surface area (Å²) in [5.74, 6) is -3.02. The lowest BCUT2D eigenvalue weighted by Gasteiger charge is -2.23. The molecule has 1 aromatic carbocycles. The number of carboxylic acids is 1. The van der Waals surface area contributed by atoms with Crippen LogP contribution in [0, 0.1) is 11.6 Å². The van der Waals surface area contributed by atoms with Crippen molar-refractivity contribution in [3.8, 4) is 0 Å². The van der Waals surface area contributed by atoms with Crippen molar-refractivity contribution in [2.24, 2.45) is 0 Å². The largest absolute Gasteiger partial charge is 0.477 e. The van der Waals surface area contributed by atoms with Gasteiger partial charge in [0, 0.05) is 38.4 Å². The monoisotopic (exact) mass is 453 g/mol. The molecule has 6 nitrogen and oxygen atoms in total. The van der Waals surface area contributed by atoms with E-state index in [1.54, 1.807) is 4.90 Å². The molecule has 0 spiro atoms. The third-order valence-electron chi connectivity index (χ3n) is 5.61. The van der Waals surface area contributed by atoms with Crippen LogP contribution in [0.3, 0.4) is 0 Å². The number of halogens is 3. The van der Waals surface area contributed by atoms with Crippen LogP contribution in [0.15, 0.2) is 28.2 Å². The zero-order chi connectivity index (χ0) is 18.9. The molecular formula is C19H18BrF2N3O3. The van der Waals surface area contributed by atoms with E-state index in [0.717, 1.165) is 43.1 Å². The molecule has 0 unspecified atom stereocenters. The summed E-state index contributed by atoms with van der Waals surface area (Å²) < 4.78 is 31.9. The van der Waals surface area contributed by atoms with E-state index >= 15 is 4.39 Å². The summed E-state index contributed by atoms with van der Waals surface area (Å²) in [5, 5.41) is 12.3. The first-order valence-corrected chi connectivity index (χ1v) is 8.91. The van der Waals surface area contributed by atoms with Crippen LogP contribution in [-0.2, 0) is 0 Å². The second kappa shape index (κ2) is 6.66. The minimum Gasteiger partial charge on any atom is -0.477 e. The van der Waals surface area contributed by atoms with Crippen LogP contribution in [-0.4, -0.2) is 41.8 Å². The number of hydrogen-bond acceptors (Lipinski definition) is 4. The average Bonchev–Trinajstić information content (AvgIpc) is 3.24. The molecular weight excluding hydrogens is 436 g/mol. The number of carboxylic acid groups (broad SMARTS) is 1. The molecule has 0 saturated heterocycles. The molecule has 0 bridgehead atoms. The highest BCUT2D eigenvalue weighted by Gasteiger charge is 2.33. The Morgan fingerprint density at radius 2 is 1.82 bits per heavy atom. The van der Waals surface area contributed by atoms with Gasteiger partial charge in [0.2, 0.25) is 5.43 Å². The van der Waals surface area contributed by atoms with Crippen molar-refractivity contribution in [2.45, 2.75) is 18.9 Å². The molecule has 0 radical (unpaired) electrons. The minimum absolute atomic E-state index is 0. The lowest BCUT2D eigenvalue weighted by molar-refractivity contribution is 0.0695. The van der Waals surface area contributed by atoms with Crippen molar-refractivity contribution in [3.63, 3.8) is 0 Å². The van der Waals surface area contributed by atoms with Crippen molar-refractivity contribution in [2.75, 3.05) is 31.1 Å². The number of pyridine rings is 1. The fourth-order valence-corrected chi connectivity index (χ4v) is 4.14. The number of carbonyl (C=O) groups is 1. The highest BCUT2D eigenvalue weighted by Crippen LogP contribution is 2.40. The Kier molecular flexibility index (Phi) is 4.54. The summed E-state index contributed by atoms with van der Waals surface area (Å²) in [6.45, 7) is 2.33. The lowest BCUT2D eigenvalue weighted by atomic mass is 10.1. The topological polar surface area (TPSA) is 74.6 Å². The van der Waals surface area contributed by atoms with Crippen molar-refractivity contribution >= 4 is 39.5 Å². The molecule has 28 heavy (non-hydrogen) atoms. The second-order valence-corrected chi connectivity index (χ2v) is 7.40. The third-order valence-corrected chi connectivity index (χ3v) is 5.61. The Hall–Kier alpha value is -2.26. The van der Waals surface area contributed by atoms with Gasteiger partial charge in [0.05, 0.1) is 10.9 Å². The SMILES string of the molecule is Br.O=C(O)c1cn(C2CC2)c2c(F)c(N3CC4=C(CNC4)C3)c(F)cc2c1=O. The summed E-state index contributed by atoms with van der Waals surface area (Å²) in [5.41, 5.74) is 0.825. The number of aromatic carboxylic acids is 1. The molecule has 3 aliphatic rings. The van der Waals surface area contributed by atoms with Crippen molar-refractivity contribution < 1.29 is 18.7 Å². The summed E-state index contributed by atoms with van der Waals surface area (Å²) in [7, 11) is 0. The fourth-order valence-electron chi connectivity index (χ4n) is 4.14. The van der Waals surface area contributed by atoms with Crippen LogP contribution >= 0.6 is 17.0 Å². The first-order valence-electron chi connectivity index (χ1n) is 8.91. The van der Waals surface area contributed by atoms with E-state index in [1.807, 2.05) is 0 Å². The molecule has 2 aromatic rings. The number of benzene rings is 1. The number of nitrogens with one attached hydrogen (secondary N) is 1. The molecule has 9 heteroatoms. The highest BCUT2D eigenvalue weighted by atomic mass is 79.9. The van der Waals surface area contributed by atoms with Crippen LogP contribution in [0.1, 0.15) is 29.2 Å². The lowest BCUT2D eigenvalue weighted by Crippen LogP contribution is -2.29. The standard InChI is InChI=1S/C19H17F2N3O3.BrH/c20-14-3-12-16(24(11-1-2-11)8-13(18(12)25)19(26)27)15(21)17(14)23-6-9-4-22-5-10(9)7-23;/h3,8,11,22H,1-2,4-7H2,(H,26,27);1H.